The Morgan fingerprint density at radius 3 is 1.37 bits per heavy atom. The predicted octanol–water partition coefficient (Wildman–Crippen LogP) is 5.08. The average Bonchev–Trinajstić information content (AvgIpc) is 2.43. The number of unbranched alkanes of at least 4 members (excludes halogenated alkanes) is 12. The lowest BCUT2D eigenvalue weighted by atomic mass is 10.0. The molecule has 0 saturated heterocycles. The van der Waals surface area contributed by atoms with Gasteiger partial charge in [-0.05, 0) is 26.4 Å². The fourth-order valence-corrected chi connectivity index (χ4v) is 2.60. The molecule has 0 aromatic rings. The Kier molecular flexibility index (Phi) is 18.7. The van der Waals surface area contributed by atoms with Gasteiger partial charge in [0.15, 0.2) is 0 Å². The van der Waals surface area contributed by atoms with Crippen LogP contribution in [0.2, 0.25) is 0 Å². The minimum atomic E-state index is 0.902. The minimum absolute atomic E-state index is 0.902. The summed E-state index contributed by atoms with van der Waals surface area (Å²) in [5.41, 5.74) is 0. The largest absolute Gasteiger partial charge is 0.366 e. The molecule has 0 aliphatic rings. The van der Waals surface area contributed by atoms with Gasteiger partial charge in [0, 0.05) is 9.47 Å². The highest BCUT2D eigenvalue weighted by atomic mass is 31.0. The van der Waals surface area contributed by atoms with Gasteiger partial charge in [0.2, 0.25) is 0 Å². The van der Waals surface area contributed by atoms with Gasteiger partial charge >= 0.3 is 0 Å². The lowest BCUT2D eigenvalue weighted by Gasteiger charge is -2.03. The molecule has 0 fully saturated rings. The highest BCUT2D eigenvalue weighted by Crippen LogP contribution is 2.12. The summed E-state index contributed by atoms with van der Waals surface area (Å²) in [4.78, 5) is 0. The van der Waals surface area contributed by atoms with Crippen molar-refractivity contribution in [1.82, 2.24) is 5.32 Å². The van der Waals surface area contributed by atoms with E-state index in [1.165, 1.54) is 90.0 Å². The second-order valence-electron chi connectivity index (χ2n) is 5.57. The van der Waals surface area contributed by atoms with Gasteiger partial charge in [0.25, 0.3) is 0 Å². The van der Waals surface area contributed by atoms with Crippen molar-refractivity contribution in [3.05, 3.63) is 0 Å². The first kappa shape index (κ1) is 19.4. The average molecular weight is 289 g/mol. The Hall–Kier alpha value is 0.350. The first-order valence-corrected chi connectivity index (χ1v) is 8.85. The fourth-order valence-electron chi connectivity index (χ4n) is 2.43. The Bertz CT molecular complexity index is 140. The van der Waals surface area contributed by atoms with Crippen LogP contribution < -0.4 is 5.32 Å². The van der Waals surface area contributed by atoms with Gasteiger partial charge in [0.05, 0.1) is 6.61 Å². The predicted molar refractivity (Wildman–Crippen MR) is 89.6 cm³/mol. The number of hydrogen-bond donors (Lipinski definition) is 1. The summed E-state index contributed by atoms with van der Waals surface area (Å²) in [5.74, 6) is 0. The van der Waals surface area contributed by atoms with Gasteiger partial charge in [-0.3, -0.25) is 0 Å². The van der Waals surface area contributed by atoms with Crippen molar-refractivity contribution in [2.45, 2.75) is 83.5 Å². The molecule has 0 radical (unpaired) electrons. The van der Waals surface area contributed by atoms with Crippen molar-refractivity contribution in [2.75, 3.05) is 20.2 Å². The highest BCUT2D eigenvalue weighted by Gasteiger charge is 1.94. The second-order valence-corrected chi connectivity index (χ2v) is 5.90. The SMILES string of the molecule is CNCCCCCCCCCCCCCCCOP. The maximum absolute atomic E-state index is 4.97. The van der Waals surface area contributed by atoms with Crippen LogP contribution in [0.15, 0.2) is 0 Å². The maximum atomic E-state index is 4.97. The number of rotatable bonds is 16. The lowest BCUT2D eigenvalue weighted by molar-refractivity contribution is 0.352. The van der Waals surface area contributed by atoms with Crippen molar-refractivity contribution in [3.63, 3.8) is 0 Å². The van der Waals surface area contributed by atoms with Crippen LogP contribution in [-0.2, 0) is 4.52 Å². The minimum Gasteiger partial charge on any atom is -0.366 e. The Morgan fingerprint density at radius 1 is 0.632 bits per heavy atom. The van der Waals surface area contributed by atoms with E-state index in [-0.39, 0.29) is 0 Å². The third-order valence-corrected chi connectivity index (χ3v) is 3.92. The van der Waals surface area contributed by atoms with Crippen LogP contribution in [0.3, 0.4) is 0 Å². The van der Waals surface area contributed by atoms with Crippen LogP contribution in [-0.4, -0.2) is 20.2 Å². The molecule has 1 unspecified atom stereocenters. The molecule has 0 rings (SSSR count). The lowest BCUT2D eigenvalue weighted by Crippen LogP contribution is -2.06. The summed E-state index contributed by atoms with van der Waals surface area (Å²) in [6, 6.07) is 0. The molecule has 1 N–H and O–H groups in total. The Morgan fingerprint density at radius 2 is 1.00 bits per heavy atom. The van der Waals surface area contributed by atoms with Gasteiger partial charge in [-0.1, -0.05) is 70.6 Å². The van der Waals surface area contributed by atoms with Crippen molar-refractivity contribution in [2.24, 2.45) is 0 Å². The third kappa shape index (κ3) is 18.4. The molecule has 3 heteroatoms. The Balaban J connectivity index is 2.88. The molecular weight excluding hydrogens is 253 g/mol. The molecule has 0 aromatic carbocycles. The summed E-state index contributed by atoms with van der Waals surface area (Å²) >= 11 is 0. The normalized spacial score (nSPS) is 11.1. The zero-order valence-electron chi connectivity index (χ0n) is 13.1. The molecule has 1 atom stereocenters. The quantitative estimate of drug-likeness (QED) is 0.316. The summed E-state index contributed by atoms with van der Waals surface area (Å²) in [5, 5.41) is 3.21. The molecule has 116 valence electrons. The van der Waals surface area contributed by atoms with Gasteiger partial charge in [0.1, 0.15) is 0 Å². The van der Waals surface area contributed by atoms with E-state index in [0.717, 1.165) is 6.61 Å². The van der Waals surface area contributed by atoms with E-state index in [4.69, 9.17) is 4.52 Å². The molecule has 0 aromatic heterocycles. The topological polar surface area (TPSA) is 21.3 Å². The van der Waals surface area contributed by atoms with Crippen molar-refractivity contribution in [1.29, 1.82) is 0 Å². The van der Waals surface area contributed by atoms with Crippen LogP contribution in [0, 0.1) is 0 Å². The van der Waals surface area contributed by atoms with Gasteiger partial charge in [-0.2, -0.15) is 0 Å². The summed E-state index contributed by atoms with van der Waals surface area (Å²) in [6.07, 6.45) is 18.2. The molecule has 2 nitrogen and oxygen atoms in total. The van der Waals surface area contributed by atoms with Crippen molar-refractivity contribution in [3.8, 4) is 0 Å². The Labute approximate surface area is 123 Å². The molecule has 0 amide bonds. The third-order valence-electron chi connectivity index (χ3n) is 3.69. The second kappa shape index (κ2) is 18.4. The number of hydrogen-bond acceptors (Lipinski definition) is 2. The monoisotopic (exact) mass is 289 g/mol. The molecule has 0 spiro atoms. The smallest absolute Gasteiger partial charge is 0.0501 e. The zero-order chi connectivity index (χ0) is 14.0. The van der Waals surface area contributed by atoms with Crippen molar-refractivity contribution < 1.29 is 4.52 Å². The van der Waals surface area contributed by atoms with E-state index in [1.807, 2.05) is 7.05 Å². The molecule has 19 heavy (non-hydrogen) atoms. The van der Waals surface area contributed by atoms with Gasteiger partial charge < -0.3 is 9.84 Å². The van der Waals surface area contributed by atoms with Crippen LogP contribution in [0.5, 0.6) is 0 Å². The fraction of sp³-hybridized carbons (Fsp3) is 1.00. The van der Waals surface area contributed by atoms with Crippen molar-refractivity contribution >= 4 is 9.47 Å². The van der Waals surface area contributed by atoms with E-state index in [1.54, 1.807) is 0 Å². The molecule has 0 heterocycles. The number of nitrogens with one attached hydrogen (secondary N) is 1. The van der Waals surface area contributed by atoms with E-state index < -0.39 is 0 Å². The van der Waals surface area contributed by atoms with Crippen LogP contribution in [0.25, 0.3) is 0 Å². The van der Waals surface area contributed by atoms with E-state index in [2.05, 4.69) is 14.8 Å². The molecule has 0 saturated carbocycles. The molecule has 0 aliphatic heterocycles. The van der Waals surface area contributed by atoms with Crippen LogP contribution >= 0.6 is 9.47 Å². The molecule has 0 bridgehead atoms. The standard InChI is InChI=1S/C16H36NOP/c1-17-15-13-11-9-7-5-3-2-4-6-8-10-12-14-16-18-19/h17H,2-16,19H2,1H3. The molecular formula is C16H36NOP. The zero-order valence-corrected chi connectivity index (χ0v) is 14.2. The van der Waals surface area contributed by atoms with Gasteiger partial charge in [-0.25, -0.2) is 0 Å². The van der Waals surface area contributed by atoms with Crippen LogP contribution in [0.4, 0.5) is 0 Å². The first-order chi connectivity index (χ1) is 9.41. The van der Waals surface area contributed by atoms with Crippen LogP contribution in [0.1, 0.15) is 83.5 Å². The summed E-state index contributed by atoms with van der Waals surface area (Å²) in [6.45, 7) is 2.09. The summed E-state index contributed by atoms with van der Waals surface area (Å²) < 4.78 is 4.97. The van der Waals surface area contributed by atoms with E-state index >= 15 is 0 Å². The van der Waals surface area contributed by atoms with E-state index in [0.29, 0.717) is 0 Å². The maximum Gasteiger partial charge on any atom is 0.0501 e. The summed E-state index contributed by atoms with van der Waals surface area (Å²) in [7, 11) is 4.36. The molecule has 0 aliphatic carbocycles. The van der Waals surface area contributed by atoms with Gasteiger partial charge in [-0.15, -0.1) is 0 Å². The van der Waals surface area contributed by atoms with E-state index in [9.17, 15) is 0 Å². The highest BCUT2D eigenvalue weighted by molar-refractivity contribution is 7.09. The first-order valence-electron chi connectivity index (χ1n) is 8.38.